The highest BCUT2D eigenvalue weighted by atomic mass is 19.1. The van der Waals surface area contributed by atoms with E-state index in [1.165, 1.54) is 30.6 Å². The Morgan fingerprint density at radius 1 is 1.36 bits per heavy atom. The van der Waals surface area contributed by atoms with Crippen LogP contribution < -0.4 is 10.3 Å². The summed E-state index contributed by atoms with van der Waals surface area (Å²) in [6.45, 7) is 2.45. The predicted octanol–water partition coefficient (Wildman–Crippen LogP) is 2.41. The first kappa shape index (κ1) is 16.8. The van der Waals surface area contributed by atoms with Gasteiger partial charge in [-0.1, -0.05) is 6.07 Å². The lowest BCUT2D eigenvalue weighted by atomic mass is 10.2. The number of benzene rings is 1. The highest BCUT2D eigenvalue weighted by Gasteiger charge is 2.15. The van der Waals surface area contributed by atoms with Crippen molar-refractivity contribution < 1.29 is 14.1 Å². The van der Waals surface area contributed by atoms with Crippen molar-refractivity contribution in [1.82, 2.24) is 4.98 Å². The summed E-state index contributed by atoms with van der Waals surface area (Å²) in [5.74, 6) is -0.330. The molecule has 1 N–H and O–H groups in total. The molecule has 0 saturated carbocycles. The molecule has 1 fully saturated rings. The zero-order chi connectivity index (χ0) is 17.6. The van der Waals surface area contributed by atoms with Gasteiger partial charge in [-0.15, -0.1) is 0 Å². The average Bonchev–Trinajstić information content (AvgIpc) is 2.63. The minimum absolute atomic E-state index is 0.0224. The third kappa shape index (κ3) is 4.07. The van der Waals surface area contributed by atoms with Crippen LogP contribution in [0.2, 0.25) is 0 Å². The van der Waals surface area contributed by atoms with Gasteiger partial charge >= 0.3 is 5.69 Å². The quantitative estimate of drug-likeness (QED) is 0.508. The van der Waals surface area contributed by atoms with Crippen molar-refractivity contribution in [3.05, 3.63) is 58.0 Å². The van der Waals surface area contributed by atoms with E-state index >= 15 is 0 Å². The van der Waals surface area contributed by atoms with E-state index in [4.69, 9.17) is 4.74 Å². The van der Waals surface area contributed by atoms with E-state index in [0.717, 1.165) is 0 Å². The van der Waals surface area contributed by atoms with Gasteiger partial charge in [0.1, 0.15) is 5.82 Å². The van der Waals surface area contributed by atoms with Crippen LogP contribution >= 0.6 is 0 Å². The third-order valence-electron chi connectivity index (χ3n) is 3.69. The molecule has 1 aliphatic heterocycles. The topological polar surface area (TPSA) is 92.9 Å². The monoisotopic (exact) mass is 345 g/mol. The second-order valence-electron chi connectivity index (χ2n) is 5.31. The van der Waals surface area contributed by atoms with Crippen LogP contribution in [0, 0.1) is 15.9 Å². The lowest BCUT2D eigenvalue weighted by Crippen LogP contribution is -2.36. The lowest BCUT2D eigenvalue weighted by molar-refractivity contribution is -0.384. The molecule has 0 radical (unpaired) electrons. The van der Waals surface area contributed by atoms with E-state index in [0.29, 0.717) is 37.6 Å². The molecule has 0 spiro atoms. The SMILES string of the molecule is O=[N+]([O-])c1cccnc1N/N=C\c1ccc(N2CCOCC2)c(F)c1. The fourth-order valence-corrected chi connectivity index (χ4v) is 2.46. The molecule has 0 amide bonds. The number of aromatic nitrogens is 1. The molecule has 9 heteroatoms. The number of anilines is 2. The number of hydrogen-bond acceptors (Lipinski definition) is 7. The Balaban J connectivity index is 1.70. The lowest BCUT2D eigenvalue weighted by Gasteiger charge is -2.29. The summed E-state index contributed by atoms with van der Waals surface area (Å²) in [7, 11) is 0. The molecule has 8 nitrogen and oxygen atoms in total. The molecule has 1 saturated heterocycles. The molecular formula is C16H16FN5O3. The highest BCUT2D eigenvalue weighted by Crippen LogP contribution is 2.22. The van der Waals surface area contributed by atoms with Gasteiger partial charge in [0.15, 0.2) is 0 Å². The fraction of sp³-hybridized carbons (Fsp3) is 0.250. The van der Waals surface area contributed by atoms with Crippen LogP contribution in [0.3, 0.4) is 0 Å². The second-order valence-corrected chi connectivity index (χ2v) is 5.31. The van der Waals surface area contributed by atoms with Gasteiger partial charge in [0.05, 0.1) is 30.0 Å². The molecule has 3 rings (SSSR count). The Labute approximate surface area is 143 Å². The van der Waals surface area contributed by atoms with Crippen LogP contribution in [0.25, 0.3) is 0 Å². The maximum Gasteiger partial charge on any atom is 0.313 e. The zero-order valence-corrected chi connectivity index (χ0v) is 13.3. The molecule has 0 unspecified atom stereocenters. The minimum Gasteiger partial charge on any atom is -0.378 e. The van der Waals surface area contributed by atoms with Gasteiger partial charge in [-0.3, -0.25) is 15.5 Å². The molecule has 1 aromatic carbocycles. The smallest absolute Gasteiger partial charge is 0.313 e. The molecule has 1 aliphatic rings. The van der Waals surface area contributed by atoms with Crippen molar-refractivity contribution in [2.24, 2.45) is 5.10 Å². The number of nitro groups is 1. The maximum absolute atomic E-state index is 14.3. The molecule has 2 heterocycles. The first-order chi connectivity index (χ1) is 12.1. The van der Waals surface area contributed by atoms with Gasteiger partial charge in [-0.05, 0) is 23.8 Å². The molecule has 25 heavy (non-hydrogen) atoms. The van der Waals surface area contributed by atoms with Crippen molar-refractivity contribution in [1.29, 1.82) is 0 Å². The maximum atomic E-state index is 14.3. The number of pyridine rings is 1. The first-order valence-electron chi connectivity index (χ1n) is 7.66. The second kappa shape index (κ2) is 7.67. The Morgan fingerprint density at radius 3 is 2.88 bits per heavy atom. The van der Waals surface area contributed by atoms with E-state index in [9.17, 15) is 14.5 Å². The molecular weight excluding hydrogens is 329 g/mol. The molecule has 0 aliphatic carbocycles. The van der Waals surface area contributed by atoms with Crippen molar-refractivity contribution >= 4 is 23.4 Å². The van der Waals surface area contributed by atoms with Gasteiger partial charge in [0.2, 0.25) is 5.82 Å². The average molecular weight is 345 g/mol. The Morgan fingerprint density at radius 2 is 2.16 bits per heavy atom. The Hall–Kier alpha value is -3.07. The summed E-state index contributed by atoms with van der Waals surface area (Å²) >= 11 is 0. The summed E-state index contributed by atoms with van der Waals surface area (Å²) in [6, 6.07) is 7.56. The van der Waals surface area contributed by atoms with Crippen molar-refractivity contribution in [2.45, 2.75) is 0 Å². The number of halogens is 1. The number of hydrazone groups is 1. The van der Waals surface area contributed by atoms with Crippen LogP contribution in [0.1, 0.15) is 5.56 Å². The van der Waals surface area contributed by atoms with Crippen LogP contribution in [0.5, 0.6) is 0 Å². The fourth-order valence-electron chi connectivity index (χ4n) is 2.46. The van der Waals surface area contributed by atoms with Gasteiger partial charge in [-0.2, -0.15) is 5.10 Å². The summed E-state index contributed by atoms with van der Waals surface area (Å²) in [5, 5.41) is 14.8. The van der Waals surface area contributed by atoms with E-state index in [1.54, 1.807) is 12.1 Å². The largest absolute Gasteiger partial charge is 0.378 e. The normalized spacial score (nSPS) is 14.7. The number of ether oxygens (including phenoxy) is 1. The first-order valence-corrected chi connectivity index (χ1v) is 7.66. The number of rotatable bonds is 5. The van der Waals surface area contributed by atoms with Crippen LogP contribution in [0.15, 0.2) is 41.6 Å². The molecule has 2 aromatic rings. The van der Waals surface area contributed by atoms with Gasteiger partial charge in [0, 0.05) is 25.4 Å². The molecule has 0 bridgehead atoms. The van der Waals surface area contributed by atoms with E-state index in [1.807, 2.05) is 4.90 Å². The number of hydrogen-bond donors (Lipinski definition) is 1. The van der Waals surface area contributed by atoms with Gasteiger partial charge in [0.25, 0.3) is 0 Å². The highest BCUT2D eigenvalue weighted by molar-refractivity contribution is 5.81. The number of nitrogens with one attached hydrogen (secondary N) is 1. The van der Waals surface area contributed by atoms with E-state index in [-0.39, 0.29) is 17.3 Å². The van der Waals surface area contributed by atoms with Crippen LogP contribution in [0.4, 0.5) is 21.6 Å². The third-order valence-corrected chi connectivity index (χ3v) is 3.69. The van der Waals surface area contributed by atoms with Crippen molar-refractivity contribution in [3.63, 3.8) is 0 Å². The summed E-state index contributed by atoms with van der Waals surface area (Å²) in [4.78, 5) is 16.1. The number of morpholine rings is 1. The summed E-state index contributed by atoms with van der Waals surface area (Å²) < 4.78 is 19.5. The summed E-state index contributed by atoms with van der Waals surface area (Å²) in [6.07, 6.45) is 2.80. The Bertz CT molecular complexity index is 793. The van der Waals surface area contributed by atoms with E-state index < -0.39 is 4.92 Å². The standard InChI is InChI=1S/C16H16FN5O3/c17-13-10-12(3-4-14(13)21-6-8-25-9-7-21)11-19-20-16-15(22(23)24)2-1-5-18-16/h1-5,10-11H,6-9H2,(H,18,20)/b19-11-. The van der Waals surface area contributed by atoms with Crippen molar-refractivity contribution in [2.75, 3.05) is 36.6 Å². The minimum atomic E-state index is -0.554. The van der Waals surface area contributed by atoms with Crippen LogP contribution in [-0.4, -0.2) is 42.4 Å². The van der Waals surface area contributed by atoms with Crippen molar-refractivity contribution in [3.8, 4) is 0 Å². The predicted molar refractivity (Wildman–Crippen MR) is 91.5 cm³/mol. The van der Waals surface area contributed by atoms with Gasteiger partial charge < -0.3 is 9.64 Å². The number of nitrogens with zero attached hydrogens (tertiary/aromatic N) is 4. The Kier molecular flexibility index (Phi) is 5.14. The summed E-state index contributed by atoms with van der Waals surface area (Å²) in [5.41, 5.74) is 3.37. The molecule has 1 aromatic heterocycles. The van der Waals surface area contributed by atoms with E-state index in [2.05, 4.69) is 15.5 Å². The zero-order valence-electron chi connectivity index (χ0n) is 13.3. The molecule has 0 atom stereocenters. The van der Waals surface area contributed by atoms with Crippen LogP contribution in [-0.2, 0) is 4.74 Å². The van der Waals surface area contributed by atoms with Gasteiger partial charge in [-0.25, -0.2) is 9.37 Å². The molecule has 130 valence electrons.